The number of nitrogens with two attached hydrogens (primary N) is 2. The minimum Gasteiger partial charge on any atom is -0.396 e. The zero-order chi connectivity index (χ0) is 22.2. The Morgan fingerprint density at radius 1 is 1.29 bits per heavy atom. The molecule has 1 aromatic heterocycles. The molecule has 0 atom stereocenters. The number of amides is 2. The number of rotatable bonds is 5. The van der Waals surface area contributed by atoms with Crippen molar-refractivity contribution in [3.63, 3.8) is 0 Å². The van der Waals surface area contributed by atoms with E-state index in [0.29, 0.717) is 25.2 Å². The number of primary amides is 1. The van der Waals surface area contributed by atoms with Gasteiger partial charge in [-0.3, -0.25) is 9.59 Å². The van der Waals surface area contributed by atoms with E-state index < -0.39 is 5.91 Å². The highest BCUT2D eigenvalue weighted by atomic mass is 16.3. The fourth-order valence-corrected chi connectivity index (χ4v) is 4.87. The maximum atomic E-state index is 12.2. The molecule has 8 heteroatoms. The second-order valence-electron chi connectivity index (χ2n) is 8.50. The van der Waals surface area contributed by atoms with Crippen molar-refractivity contribution in [3.8, 4) is 23.1 Å². The first kappa shape index (κ1) is 20.9. The molecular formula is C23H27N5O3. The molecule has 1 aliphatic carbocycles. The minimum atomic E-state index is -0.608. The van der Waals surface area contributed by atoms with Crippen molar-refractivity contribution in [2.45, 2.75) is 38.6 Å². The lowest BCUT2D eigenvalue weighted by molar-refractivity contribution is -0.125. The number of nitrogens with zero attached hydrogens (tertiary/aromatic N) is 3. The molecule has 2 aliphatic rings. The number of aliphatic hydroxyl groups excluding tert-OH is 1. The van der Waals surface area contributed by atoms with Crippen LogP contribution in [-0.2, 0) is 11.2 Å². The standard InChI is InChI=1S/C23H27N5O3/c1-2-3-18(30)27-10-9-23(14-27)12-17(13-23)28-21(24)19(22(25)31)20(26-28)16-6-4-15(5-7-16)8-11-29/h4-7,17,29H,8-14,24H2,1H3,(H2,25,31). The monoisotopic (exact) mass is 421 g/mol. The highest BCUT2D eigenvalue weighted by molar-refractivity contribution is 6.03. The predicted molar refractivity (Wildman–Crippen MR) is 117 cm³/mol. The molecule has 5 N–H and O–H groups in total. The molecule has 4 rings (SSSR count). The highest BCUT2D eigenvalue weighted by Crippen LogP contribution is 2.54. The number of carbonyl (C=O) groups excluding carboxylic acids is 2. The summed E-state index contributed by atoms with van der Waals surface area (Å²) in [5, 5.41) is 13.8. The molecule has 1 spiro atoms. The molecule has 1 saturated heterocycles. The molecule has 2 amide bonds. The summed E-state index contributed by atoms with van der Waals surface area (Å²) >= 11 is 0. The van der Waals surface area contributed by atoms with Crippen molar-refractivity contribution in [3.05, 3.63) is 35.4 Å². The Balaban J connectivity index is 1.55. The topological polar surface area (TPSA) is 127 Å². The van der Waals surface area contributed by atoms with Crippen LogP contribution in [-0.4, -0.2) is 51.3 Å². The first-order valence-electron chi connectivity index (χ1n) is 10.5. The van der Waals surface area contributed by atoms with Gasteiger partial charge in [-0.2, -0.15) is 5.10 Å². The molecule has 2 fully saturated rings. The highest BCUT2D eigenvalue weighted by Gasteiger charge is 2.51. The van der Waals surface area contributed by atoms with Crippen LogP contribution in [0.3, 0.4) is 0 Å². The average Bonchev–Trinajstić information content (AvgIpc) is 3.30. The third-order valence-electron chi connectivity index (χ3n) is 6.46. The van der Waals surface area contributed by atoms with Gasteiger partial charge in [-0.25, -0.2) is 4.68 Å². The van der Waals surface area contributed by atoms with E-state index in [1.807, 2.05) is 29.2 Å². The third-order valence-corrected chi connectivity index (χ3v) is 6.46. The zero-order valence-corrected chi connectivity index (χ0v) is 17.6. The van der Waals surface area contributed by atoms with Gasteiger partial charge in [0.25, 0.3) is 11.8 Å². The largest absolute Gasteiger partial charge is 0.396 e. The van der Waals surface area contributed by atoms with Crippen LogP contribution in [0.4, 0.5) is 5.82 Å². The number of likely N-dealkylation sites (tertiary alicyclic amines) is 1. The lowest BCUT2D eigenvalue weighted by Crippen LogP contribution is -2.42. The number of carbonyl (C=O) groups is 2. The maximum absolute atomic E-state index is 12.2. The van der Waals surface area contributed by atoms with Crippen LogP contribution in [0.1, 0.15) is 48.1 Å². The molecule has 1 aliphatic heterocycles. The van der Waals surface area contributed by atoms with Gasteiger partial charge in [0.1, 0.15) is 17.1 Å². The Bertz CT molecular complexity index is 1070. The summed E-state index contributed by atoms with van der Waals surface area (Å²) in [5.74, 6) is 4.83. The van der Waals surface area contributed by atoms with E-state index in [1.165, 1.54) is 0 Å². The van der Waals surface area contributed by atoms with Gasteiger partial charge in [-0.05, 0) is 49.5 Å². The Morgan fingerprint density at radius 2 is 2.00 bits per heavy atom. The van der Waals surface area contributed by atoms with E-state index in [2.05, 4.69) is 16.9 Å². The molecule has 162 valence electrons. The summed E-state index contributed by atoms with van der Waals surface area (Å²) in [6, 6.07) is 7.58. The normalized spacial score (nSPS) is 22.1. The second kappa shape index (κ2) is 8.08. The van der Waals surface area contributed by atoms with Crippen LogP contribution in [0, 0.1) is 17.3 Å². The predicted octanol–water partition coefficient (Wildman–Crippen LogP) is 1.34. The third kappa shape index (κ3) is 3.77. The number of aromatic nitrogens is 2. The molecule has 1 saturated carbocycles. The SMILES string of the molecule is CC#CC(=O)N1CCC2(CC(n3nc(-c4ccc(CCO)cc4)c(C(N)=O)c3N)C2)C1. The first-order valence-corrected chi connectivity index (χ1v) is 10.5. The number of hydrogen-bond donors (Lipinski definition) is 3. The Hall–Kier alpha value is -3.31. The van der Waals surface area contributed by atoms with Crippen molar-refractivity contribution < 1.29 is 14.7 Å². The van der Waals surface area contributed by atoms with Gasteiger partial charge in [0.05, 0.1) is 6.04 Å². The van der Waals surface area contributed by atoms with E-state index in [9.17, 15) is 9.59 Å². The molecule has 8 nitrogen and oxygen atoms in total. The minimum absolute atomic E-state index is 0.0626. The lowest BCUT2D eigenvalue weighted by Gasteiger charge is -2.45. The van der Waals surface area contributed by atoms with E-state index in [-0.39, 0.29) is 35.4 Å². The summed E-state index contributed by atoms with van der Waals surface area (Å²) in [4.78, 5) is 26.0. The summed E-state index contributed by atoms with van der Waals surface area (Å²) in [6.45, 7) is 3.15. The van der Waals surface area contributed by atoms with E-state index >= 15 is 0 Å². The van der Waals surface area contributed by atoms with Gasteiger partial charge in [-0.15, -0.1) is 0 Å². The molecular weight excluding hydrogens is 394 g/mol. The van der Waals surface area contributed by atoms with Gasteiger partial charge in [-0.1, -0.05) is 30.2 Å². The molecule has 1 aromatic carbocycles. The molecule has 2 aromatic rings. The van der Waals surface area contributed by atoms with Crippen LogP contribution < -0.4 is 11.5 Å². The molecule has 0 radical (unpaired) electrons. The Morgan fingerprint density at radius 3 is 2.61 bits per heavy atom. The Labute approximate surface area is 181 Å². The molecule has 2 heterocycles. The van der Waals surface area contributed by atoms with E-state index in [4.69, 9.17) is 16.6 Å². The number of benzene rings is 1. The summed E-state index contributed by atoms with van der Waals surface area (Å²) < 4.78 is 1.72. The van der Waals surface area contributed by atoms with E-state index in [0.717, 1.165) is 30.4 Å². The fraction of sp³-hybridized carbons (Fsp3) is 0.435. The fourth-order valence-electron chi connectivity index (χ4n) is 4.87. The first-order chi connectivity index (χ1) is 14.9. The van der Waals surface area contributed by atoms with Gasteiger partial charge < -0.3 is 21.5 Å². The summed E-state index contributed by atoms with van der Waals surface area (Å²) in [7, 11) is 0. The Kier molecular flexibility index (Phi) is 5.46. The van der Waals surface area contributed by atoms with Crippen LogP contribution >= 0.6 is 0 Å². The number of nitrogen functional groups attached to an aromatic ring is 1. The van der Waals surface area contributed by atoms with Crippen molar-refractivity contribution in [1.29, 1.82) is 0 Å². The summed E-state index contributed by atoms with van der Waals surface area (Å²) in [5.41, 5.74) is 14.5. The lowest BCUT2D eigenvalue weighted by atomic mass is 9.65. The maximum Gasteiger partial charge on any atom is 0.298 e. The zero-order valence-electron chi connectivity index (χ0n) is 17.6. The molecule has 31 heavy (non-hydrogen) atoms. The number of anilines is 1. The van der Waals surface area contributed by atoms with Crippen LogP contribution in [0.15, 0.2) is 24.3 Å². The van der Waals surface area contributed by atoms with Crippen molar-refractivity contribution in [2.24, 2.45) is 11.1 Å². The number of hydrogen-bond acceptors (Lipinski definition) is 5. The van der Waals surface area contributed by atoms with Crippen molar-refractivity contribution >= 4 is 17.6 Å². The summed E-state index contributed by atoms with van der Waals surface area (Å²) in [6.07, 6.45) is 3.18. The number of aliphatic hydroxyl groups is 1. The van der Waals surface area contributed by atoms with Crippen LogP contribution in [0.2, 0.25) is 0 Å². The van der Waals surface area contributed by atoms with E-state index in [1.54, 1.807) is 11.6 Å². The van der Waals surface area contributed by atoms with Crippen molar-refractivity contribution in [2.75, 3.05) is 25.4 Å². The smallest absolute Gasteiger partial charge is 0.298 e. The van der Waals surface area contributed by atoms with Crippen molar-refractivity contribution in [1.82, 2.24) is 14.7 Å². The van der Waals surface area contributed by atoms with Gasteiger partial charge in [0.2, 0.25) is 0 Å². The van der Waals surface area contributed by atoms with Gasteiger partial charge in [0, 0.05) is 25.3 Å². The second-order valence-corrected chi connectivity index (χ2v) is 8.50. The van der Waals surface area contributed by atoms with Crippen LogP contribution in [0.5, 0.6) is 0 Å². The molecule has 0 bridgehead atoms. The van der Waals surface area contributed by atoms with Gasteiger partial charge in [0.15, 0.2) is 0 Å². The molecule has 0 unspecified atom stereocenters. The average molecular weight is 422 g/mol. The quantitative estimate of drug-likeness (QED) is 0.628. The van der Waals surface area contributed by atoms with Crippen LogP contribution in [0.25, 0.3) is 11.3 Å². The van der Waals surface area contributed by atoms with Gasteiger partial charge >= 0.3 is 0 Å².